The van der Waals surface area contributed by atoms with Gasteiger partial charge in [-0.25, -0.2) is 10.8 Å². The molecule has 0 aliphatic rings. The van der Waals surface area contributed by atoms with Gasteiger partial charge in [-0.15, -0.1) is 0 Å². The molecule has 76 valence electrons. The number of hydrogen-bond donors (Lipinski definition) is 2. The van der Waals surface area contributed by atoms with Crippen molar-refractivity contribution in [2.45, 2.75) is 6.92 Å². The standard InChI is InChI=1S/C11H12N4/c1-8-10(3-2-6-13-8)9-4-5-11(15-12)14-7-9/h2-7H,12H2,1H3,(H,14,15). The molecule has 0 aromatic carbocycles. The molecule has 0 bridgehead atoms. The fraction of sp³-hybridized carbons (Fsp3) is 0.0909. The van der Waals surface area contributed by atoms with Crippen LogP contribution in [0, 0.1) is 6.92 Å². The first-order valence-corrected chi connectivity index (χ1v) is 4.66. The van der Waals surface area contributed by atoms with Crippen molar-refractivity contribution >= 4 is 5.82 Å². The highest BCUT2D eigenvalue weighted by Gasteiger charge is 2.01. The summed E-state index contributed by atoms with van der Waals surface area (Å²) >= 11 is 0. The molecule has 2 aromatic heterocycles. The van der Waals surface area contributed by atoms with Crippen LogP contribution in [0.25, 0.3) is 11.1 Å². The number of rotatable bonds is 2. The molecule has 0 unspecified atom stereocenters. The molecule has 0 fully saturated rings. The van der Waals surface area contributed by atoms with Crippen LogP contribution in [0.1, 0.15) is 5.69 Å². The Labute approximate surface area is 88.2 Å². The van der Waals surface area contributed by atoms with Gasteiger partial charge in [0.05, 0.1) is 0 Å². The Balaban J connectivity index is 2.42. The lowest BCUT2D eigenvalue weighted by Crippen LogP contribution is -2.07. The maximum absolute atomic E-state index is 5.24. The second-order valence-electron chi connectivity index (χ2n) is 3.21. The fourth-order valence-corrected chi connectivity index (χ4v) is 1.43. The Morgan fingerprint density at radius 3 is 2.67 bits per heavy atom. The zero-order valence-electron chi connectivity index (χ0n) is 8.44. The van der Waals surface area contributed by atoms with Crippen LogP contribution in [-0.4, -0.2) is 9.97 Å². The van der Waals surface area contributed by atoms with E-state index in [1.807, 2.05) is 31.2 Å². The van der Waals surface area contributed by atoms with E-state index in [2.05, 4.69) is 15.4 Å². The highest BCUT2D eigenvalue weighted by Crippen LogP contribution is 2.21. The highest BCUT2D eigenvalue weighted by molar-refractivity contribution is 5.65. The largest absolute Gasteiger partial charge is 0.308 e. The van der Waals surface area contributed by atoms with E-state index >= 15 is 0 Å². The number of aryl methyl sites for hydroxylation is 1. The second-order valence-corrected chi connectivity index (χ2v) is 3.21. The normalized spacial score (nSPS) is 10.0. The maximum Gasteiger partial charge on any atom is 0.139 e. The number of nitrogens with two attached hydrogens (primary N) is 1. The minimum absolute atomic E-state index is 0.653. The third-order valence-corrected chi connectivity index (χ3v) is 2.23. The molecule has 0 aliphatic heterocycles. The van der Waals surface area contributed by atoms with Gasteiger partial charge >= 0.3 is 0 Å². The van der Waals surface area contributed by atoms with Gasteiger partial charge in [0.2, 0.25) is 0 Å². The van der Waals surface area contributed by atoms with E-state index in [4.69, 9.17) is 5.84 Å². The Kier molecular flexibility index (Phi) is 2.60. The Hall–Kier alpha value is -1.94. The van der Waals surface area contributed by atoms with Gasteiger partial charge in [0.15, 0.2) is 0 Å². The van der Waals surface area contributed by atoms with Crippen molar-refractivity contribution in [3.05, 3.63) is 42.4 Å². The minimum atomic E-state index is 0.653. The van der Waals surface area contributed by atoms with Gasteiger partial charge in [0.1, 0.15) is 5.82 Å². The molecule has 0 radical (unpaired) electrons. The molecule has 0 saturated heterocycles. The van der Waals surface area contributed by atoms with Crippen LogP contribution in [0.5, 0.6) is 0 Å². The van der Waals surface area contributed by atoms with Crippen molar-refractivity contribution in [3.63, 3.8) is 0 Å². The first-order valence-electron chi connectivity index (χ1n) is 4.66. The van der Waals surface area contributed by atoms with Gasteiger partial charge in [-0.1, -0.05) is 6.07 Å². The SMILES string of the molecule is Cc1ncccc1-c1ccc(NN)nc1. The van der Waals surface area contributed by atoms with Crippen molar-refractivity contribution in [3.8, 4) is 11.1 Å². The molecule has 15 heavy (non-hydrogen) atoms. The quantitative estimate of drug-likeness (QED) is 0.572. The third-order valence-electron chi connectivity index (χ3n) is 2.23. The topological polar surface area (TPSA) is 63.8 Å². The number of hydrazine groups is 1. The number of hydrogen-bond acceptors (Lipinski definition) is 4. The summed E-state index contributed by atoms with van der Waals surface area (Å²) in [6, 6.07) is 7.74. The predicted molar refractivity (Wildman–Crippen MR) is 60.0 cm³/mol. The number of pyridine rings is 2. The van der Waals surface area contributed by atoms with Gasteiger partial charge < -0.3 is 5.43 Å². The summed E-state index contributed by atoms with van der Waals surface area (Å²) in [4.78, 5) is 8.38. The summed E-state index contributed by atoms with van der Waals surface area (Å²) in [6.07, 6.45) is 3.56. The number of aromatic nitrogens is 2. The van der Waals surface area contributed by atoms with E-state index < -0.39 is 0 Å². The minimum Gasteiger partial charge on any atom is -0.308 e. The number of nitrogens with zero attached hydrogens (tertiary/aromatic N) is 2. The summed E-state index contributed by atoms with van der Waals surface area (Å²) in [7, 11) is 0. The van der Waals surface area contributed by atoms with E-state index in [0.29, 0.717) is 5.82 Å². The van der Waals surface area contributed by atoms with Crippen molar-refractivity contribution < 1.29 is 0 Å². The molecule has 4 heteroatoms. The molecule has 2 rings (SSSR count). The highest BCUT2D eigenvalue weighted by atomic mass is 15.2. The zero-order valence-corrected chi connectivity index (χ0v) is 8.44. The van der Waals surface area contributed by atoms with Crippen LogP contribution in [-0.2, 0) is 0 Å². The summed E-state index contributed by atoms with van der Waals surface area (Å²) in [6.45, 7) is 1.98. The first-order chi connectivity index (χ1) is 7.31. The van der Waals surface area contributed by atoms with Gasteiger partial charge in [-0.3, -0.25) is 4.98 Å². The molecule has 0 atom stereocenters. The summed E-state index contributed by atoms with van der Waals surface area (Å²) < 4.78 is 0. The molecular weight excluding hydrogens is 188 g/mol. The van der Waals surface area contributed by atoms with E-state index in [1.165, 1.54) is 0 Å². The van der Waals surface area contributed by atoms with Crippen LogP contribution >= 0.6 is 0 Å². The molecule has 0 spiro atoms. The summed E-state index contributed by atoms with van der Waals surface area (Å²) in [5, 5.41) is 0. The van der Waals surface area contributed by atoms with E-state index in [9.17, 15) is 0 Å². The molecule has 0 saturated carbocycles. The monoisotopic (exact) mass is 200 g/mol. The molecule has 0 aliphatic carbocycles. The first kappa shape index (κ1) is 9.61. The van der Waals surface area contributed by atoms with Crippen LogP contribution in [0.4, 0.5) is 5.82 Å². The number of nitrogen functional groups attached to an aromatic ring is 1. The Morgan fingerprint density at radius 1 is 1.20 bits per heavy atom. The van der Waals surface area contributed by atoms with E-state index in [0.717, 1.165) is 16.8 Å². The fourth-order valence-electron chi connectivity index (χ4n) is 1.43. The lowest BCUT2D eigenvalue weighted by molar-refractivity contribution is 1.19. The van der Waals surface area contributed by atoms with Crippen LogP contribution < -0.4 is 11.3 Å². The summed E-state index contributed by atoms with van der Waals surface area (Å²) in [5.41, 5.74) is 5.62. The Bertz CT molecular complexity index is 450. The average Bonchev–Trinajstić information content (AvgIpc) is 2.30. The molecule has 3 N–H and O–H groups in total. The van der Waals surface area contributed by atoms with Crippen LogP contribution in [0.2, 0.25) is 0 Å². The average molecular weight is 200 g/mol. The van der Waals surface area contributed by atoms with E-state index in [-0.39, 0.29) is 0 Å². The Morgan fingerprint density at radius 2 is 2.07 bits per heavy atom. The second kappa shape index (κ2) is 4.06. The van der Waals surface area contributed by atoms with Crippen LogP contribution in [0.3, 0.4) is 0 Å². The summed E-state index contributed by atoms with van der Waals surface area (Å²) in [5.74, 6) is 5.90. The molecule has 2 heterocycles. The van der Waals surface area contributed by atoms with Gasteiger partial charge in [0.25, 0.3) is 0 Å². The predicted octanol–water partition coefficient (Wildman–Crippen LogP) is 1.74. The van der Waals surface area contributed by atoms with Gasteiger partial charge in [-0.2, -0.15) is 0 Å². The molecule has 4 nitrogen and oxygen atoms in total. The number of nitrogens with one attached hydrogen (secondary N) is 1. The maximum atomic E-state index is 5.24. The lowest BCUT2D eigenvalue weighted by atomic mass is 10.1. The van der Waals surface area contributed by atoms with Crippen LogP contribution in [0.15, 0.2) is 36.7 Å². The van der Waals surface area contributed by atoms with Crippen molar-refractivity contribution in [1.29, 1.82) is 0 Å². The zero-order chi connectivity index (χ0) is 10.7. The molecular formula is C11H12N4. The number of anilines is 1. The molecule has 2 aromatic rings. The lowest BCUT2D eigenvalue weighted by Gasteiger charge is -2.05. The van der Waals surface area contributed by atoms with Crippen molar-refractivity contribution in [2.24, 2.45) is 5.84 Å². The van der Waals surface area contributed by atoms with Gasteiger partial charge in [-0.05, 0) is 25.1 Å². The smallest absolute Gasteiger partial charge is 0.139 e. The van der Waals surface area contributed by atoms with Crippen molar-refractivity contribution in [2.75, 3.05) is 5.43 Å². The third kappa shape index (κ3) is 1.94. The van der Waals surface area contributed by atoms with Crippen molar-refractivity contribution in [1.82, 2.24) is 9.97 Å². The van der Waals surface area contributed by atoms with Gasteiger partial charge in [0, 0.05) is 29.2 Å². The molecule has 0 amide bonds. The van der Waals surface area contributed by atoms with E-state index in [1.54, 1.807) is 12.4 Å².